The van der Waals surface area contributed by atoms with Crippen LogP contribution in [0.25, 0.3) is 0 Å². The van der Waals surface area contributed by atoms with Crippen molar-refractivity contribution in [1.82, 2.24) is 5.32 Å². The van der Waals surface area contributed by atoms with Crippen LogP contribution in [0.3, 0.4) is 0 Å². The molecule has 12 heavy (non-hydrogen) atoms. The normalized spacial score (nSPS) is 18.8. The molecule has 0 saturated carbocycles. The van der Waals surface area contributed by atoms with Gasteiger partial charge in [-0.2, -0.15) is 0 Å². The van der Waals surface area contributed by atoms with E-state index in [1.807, 2.05) is 0 Å². The number of rotatable bonds is 6. The lowest BCUT2D eigenvalue weighted by Crippen LogP contribution is -2.35. The summed E-state index contributed by atoms with van der Waals surface area (Å²) in [6.07, 6.45) is 3.92. The first-order chi connectivity index (χ1) is 5.60. The van der Waals surface area contributed by atoms with E-state index in [9.17, 15) is 0 Å². The van der Waals surface area contributed by atoms with E-state index < -0.39 is 0 Å². The largest absolute Gasteiger partial charge is 0.319 e. The third kappa shape index (κ3) is 3.14. The average Bonchev–Trinajstić information content (AvgIpc) is 2.04. The van der Waals surface area contributed by atoms with Gasteiger partial charge in [0.05, 0.1) is 0 Å². The molecule has 0 bridgehead atoms. The third-order valence-corrected chi connectivity index (χ3v) is 3.20. The molecule has 74 valence electrons. The molecule has 0 amide bonds. The summed E-state index contributed by atoms with van der Waals surface area (Å²) in [6.45, 7) is 10.5. The van der Waals surface area contributed by atoms with Crippen LogP contribution in [0.4, 0.5) is 0 Å². The first-order valence-electron chi connectivity index (χ1n) is 5.25. The third-order valence-electron chi connectivity index (χ3n) is 3.20. The van der Waals surface area contributed by atoms with Crippen molar-refractivity contribution in [3.05, 3.63) is 0 Å². The molecule has 0 aromatic heterocycles. The Bertz CT molecular complexity index is 104. The molecule has 0 rings (SSSR count). The van der Waals surface area contributed by atoms with Crippen LogP contribution in [-0.4, -0.2) is 13.6 Å². The van der Waals surface area contributed by atoms with Crippen molar-refractivity contribution < 1.29 is 0 Å². The Labute approximate surface area is 77.9 Å². The summed E-state index contributed by atoms with van der Waals surface area (Å²) in [6, 6.07) is 0. The minimum absolute atomic E-state index is 0.498. The van der Waals surface area contributed by atoms with Gasteiger partial charge >= 0.3 is 0 Å². The summed E-state index contributed by atoms with van der Waals surface area (Å²) < 4.78 is 0. The van der Waals surface area contributed by atoms with Crippen molar-refractivity contribution in [3.8, 4) is 0 Å². The van der Waals surface area contributed by atoms with Crippen molar-refractivity contribution >= 4 is 0 Å². The Morgan fingerprint density at radius 3 is 2.25 bits per heavy atom. The molecule has 0 aromatic rings. The Morgan fingerprint density at radius 2 is 1.92 bits per heavy atom. The van der Waals surface area contributed by atoms with Gasteiger partial charge in [0.2, 0.25) is 0 Å². The van der Waals surface area contributed by atoms with Gasteiger partial charge in [-0.3, -0.25) is 0 Å². The topological polar surface area (TPSA) is 12.0 Å². The molecule has 0 fully saturated rings. The van der Waals surface area contributed by atoms with E-state index in [4.69, 9.17) is 0 Å². The van der Waals surface area contributed by atoms with Gasteiger partial charge in [0.1, 0.15) is 0 Å². The van der Waals surface area contributed by atoms with Crippen molar-refractivity contribution in [2.45, 2.75) is 47.0 Å². The first-order valence-corrected chi connectivity index (χ1v) is 5.25. The second kappa shape index (κ2) is 5.58. The molecule has 0 aliphatic heterocycles. The van der Waals surface area contributed by atoms with Crippen LogP contribution in [0.2, 0.25) is 0 Å². The highest BCUT2D eigenvalue weighted by Gasteiger charge is 2.27. The zero-order valence-electron chi connectivity index (χ0n) is 9.41. The van der Waals surface area contributed by atoms with Gasteiger partial charge in [-0.1, -0.05) is 40.5 Å². The van der Waals surface area contributed by atoms with Gasteiger partial charge in [-0.05, 0) is 24.8 Å². The first kappa shape index (κ1) is 12.0. The van der Waals surface area contributed by atoms with Gasteiger partial charge in [0.25, 0.3) is 0 Å². The molecule has 0 spiro atoms. The maximum atomic E-state index is 3.31. The van der Waals surface area contributed by atoms with E-state index in [0.717, 1.165) is 12.5 Å². The van der Waals surface area contributed by atoms with E-state index in [2.05, 4.69) is 40.1 Å². The SMILES string of the molecule is CCCC(C)(CNC)C(C)CC. The minimum atomic E-state index is 0.498. The van der Waals surface area contributed by atoms with Gasteiger partial charge in [0, 0.05) is 6.54 Å². The predicted molar refractivity (Wildman–Crippen MR) is 56.4 cm³/mol. The molecule has 0 radical (unpaired) electrons. The molecule has 1 N–H and O–H groups in total. The lowest BCUT2D eigenvalue weighted by atomic mass is 9.73. The maximum Gasteiger partial charge on any atom is 0.000470 e. The molecule has 2 unspecified atom stereocenters. The number of hydrogen-bond acceptors (Lipinski definition) is 1. The van der Waals surface area contributed by atoms with Crippen LogP contribution in [-0.2, 0) is 0 Å². The van der Waals surface area contributed by atoms with Gasteiger partial charge in [0.15, 0.2) is 0 Å². The fraction of sp³-hybridized carbons (Fsp3) is 1.00. The van der Waals surface area contributed by atoms with Crippen molar-refractivity contribution in [2.75, 3.05) is 13.6 Å². The molecule has 1 heteroatoms. The van der Waals surface area contributed by atoms with E-state index in [1.165, 1.54) is 19.3 Å². The van der Waals surface area contributed by atoms with Crippen molar-refractivity contribution in [1.29, 1.82) is 0 Å². The molecular formula is C11H25N. The second-order valence-corrected chi connectivity index (χ2v) is 4.24. The standard InChI is InChI=1S/C11H25N/c1-6-8-11(4,9-12-5)10(3)7-2/h10,12H,6-9H2,1-5H3. The summed E-state index contributed by atoms with van der Waals surface area (Å²) in [4.78, 5) is 0. The monoisotopic (exact) mass is 171 g/mol. The highest BCUT2D eigenvalue weighted by Crippen LogP contribution is 2.33. The van der Waals surface area contributed by atoms with Gasteiger partial charge in [-0.25, -0.2) is 0 Å². The average molecular weight is 171 g/mol. The molecule has 0 aromatic carbocycles. The maximum absolute atomic E-state index is 3.31. The smallest absolute Gasteiger partial charge is 0.000470 e. The molecule has 0 saturated heterocycles. The summed E-state index contributed by atoms with van der Waals surface area (Å²) in [5.74, 6) is 0.824. The lowest BCUT2D eigenvalue weighted by molar-refractivity contribution is 0.174. The molecule has 0 aliphatic carbocycles. The van der Waals surface area contributed by atoms with E-state index >= 15 is 0 Å². The van der Waals surface area contributed by atoms with Crippen LogP contribution in [0.5, 0.6) is 0 Å². The molecule has 1 nitrogen and oxygen atoms in total. The quantitative estimate of drug-likeness (QED) is 0.647. The predicted octanol–water partition coefficient (Wildman–Crippen LogP) is 3.06. The van der Waals surface area contributed by atoms with Crippen molar-refractivity contribution in [2.24, 2.45) is 11.3 Å². The fourth-order valence-corrected chi connectivity index (χ4v) is 1.98. The summed E-state index contributed by atoms with van der Waals surface area (Å²) >= 11 is 0. The van der Waals surface area contributed by atoms with Crippen LogP contribution < -0.4 is 5.32 Å². The van der Waals surface area contributed by atoms with E-state index in [0.29, 0.717) is 5.41 Å². The Morgan fingerprint density at radius 1 is 1.33 bits per heavy atom. The summed E-state index contributed by atoms with van der Waals surface area (Å²) in [7, 11) is 2.05. The molecular weight excluding hydrogens is 146 g/mol. The van der Waals surface area contributed by atoms with Crippen molar-refractivity contribution in [3.63, 3.8) is 0 Å². The zero-order chi connectivity index (χ0) is 9.61. The van der Waals surface area contributed by atoms with Crippen LogP contribution in [0.15, 0.2) is 0 Å². The van der Waals surface area contributed by atoms with E-state index in [-0.39, 0.29) is 0 Å². The van der Waals surface area contributed by atoms with Crippen LogP contribution in [0.1, 0.15) is 47.0 Å². The minimum Gasteiger partial charge on any atom is -0.319 e. The molecule has 0 heterocycles. The fourth-order valence-electron chi connectivity index (χ4n) is 1.98. The van der Waals surface area contributed by atoms with Crippen LogP contribution in [0, 0.1) is 11.3 Å². The highest BCUT2D eigenvalue weighted by molar-refractivity contribution is 4.80. The number of nitrogens with one attached hydrogen (secondary N) is 1. The van der Waals surface area contributed by atoms with E-state index in [1.54, 1.807) is 0 Å². The lowest BCUT2D eigenvalue weighted by Gasteiger charge is -2.35. The number of hydrogen-bond donors (Lipinski definition) is 1. The molecule has 2 atom stereocenters. The Kier molecular flexibility index (Phi) is 5.56. The second-order valence-electron chi connectivity index (χ2n) is 4.24. The highest BCUT2D eigenvalue weighted by atomic mass is 14.8. The van der Waals surface area contributed by atoms with Gasteiger partial charge < -0.3 is 5.32 Å². The Hall–Kier alpha value is -0.0400. The van der Waals surface area contributed by atoms with Crippen LogP contribution >= 0.6 is 0 Å². The Balaban J connectivity index is 4.15. The van der Waals surface area contributed by atoms with Gasteiger partial charge in [-0.15, -0.1) is 0 Å². The summed E-state index contributed by atoms with van der Waals surface area (Å²) in [5.41, 5.74) is 0.498. The summed E-state index contributed by atoms with van der Waals surface area (Å²) in [5, 5.41) is 3.31. The zero-order valence-corrected chi connectivity index (χ0v) is 9.41. The molecule has 0 aliphatic rings.